The summed E-state index contributed by atoms with van der Waals surface area (Å²) in [6.07, 6.45) is -20.3. The number of hydrogen-bond donors (Lipinski definition) is 2. The molecule has 0 aliphatic rings. The number of nitrogens with one attached hydrogen (secondary N) is 2. The quantitative estimate of drug-likeness (QED) is 0.329. The van der Waals surface area contributed by atoms with Crippen molar-refractivity contribution in [2.45, 2.75) is 24.7 Å². The molecule has 2 aromatic carbocycles. The highest BCUT2D eigenvalue weighted by Gasteiger charge is 2.38. The largest absolute Gasteiger partial charge is 0.416 e. The summed E-state index contributed by atoms with van der Waals surface area (Å²) in [6.45, 7) is 0. The number of benzene rings is 2. The molecule has 36 heavy (non-hydrogen) atoms. The minimum Gasteiger partial charge on any atom is -0.322 e. The molecule has 0 atom stereocenters. The molecule has 0 aliphatic heterocycles. The number of halogens is 12. The highest BCUT2D eigenvalue weighted by Crippen LogP contribution is 2.38. The second-order valence-electron chi connectivity index (χ2n) is 6.90. The van der Waals surface area contributed by atoms with Crippen molar-refractivity contribution in [2.24, 2.45) is 0 Å². The van der Waals surface area contributed by atoms with Gasteiger partial charge in [-0.25, -0.2) is 0 Å². The van der Waals surface area contributed by atoms with Gasteiger partial charge in [0.1, 0.15) is 0 Å². The normalized spacial score (nSPS) is 13.1. The van der Waals surface area contributed by atoms with E-state index < -0.39 is 70.1 Å². The molecule has 0 fully saturated rings. The number of alkyl halides is 12. The van der Waals surface area contributed by atoms with Gasteiger partial charge in [-0.1, -0.05) is 0 Å². The Kier molecular flexibility index (Phi) is 7.71. The van der Waals surface area contributed by atoms with E-state index in [4.69, 9.17) is 0 Å². The van der Waals surface area contributed by atoms with Crippen LogP contribution in [-0.4, -0.2) is 11.8 Å². The van der Waals surface area contributed by atoms with Gasteiger partial charge in [-0.2, -0.15) is 52.7 Å². The first-order valence-corrected chi connectivity index (χ1v) is 9.05. The summed E-state index contributed by atoms with van der Waals surface area (Å²) in [4.78, 5) is 23.6. The van der Waals surface area contributed by atoms with Gasteiger partial charge >= 0.3 is 24.7 Å². The predicted octanol–water partition coefficient (Wildman–Crippen LogP) is 6.90. The maximum Gasteiger partial charge on any atom is 0.416 e. The lowest BCUT2D eigenvalue weighted by molar-refractivity contribution is -0.144. The lowest BCUT2D eigenvalue weighted by atomic mass is 10.1. The van der Waals surface area contributed by atoms with Crippen LogP contribution in [0.3, 0.4) is 0 Å². The molecule has 0 radical (unpaired) electrons. The van der Waals surface area contributed by atoms with Crippen LogP contribution in [0.4, 0.5) is 64.1 Å². The molecule has 0 unspecified atom stereocenters. The number of amides is 2. The van der Waals surface area contributed by atoms with E-state index >= 15 is 0 Å². The molecule has 0 saturated heterocycles. The van der Waals surface area contributed by atoms with Crippen molar-refractivity contribution >= 4 is 23.2 Å². The smallest absolute Gasteiger partial charge is 0.322 e. The van der Waals surface area contributed by atoms with Gasteiger partial charge in [0.05, 0.1) is 22.3 Å². The summed E-state index contributed by atoms with van der Waals surface area (Å²) in [6, 6.07) is 0.266. The number of anilines is 2. The van der Waals surface area contributed by atoms with Crippen LogP contribution >= 0.6 is 0 Å². The van der Waals surface area contributed by atoms with E-state index in [0.29, 0.717) is 0 Å². The van der Waals surface area contributed by atoms with E-state index in [9.17, 15) is 62.3 Å². The molecule has 2 aromatic rings. The molecule has 0 saturated carbocycles. The van der Waals surface area contributed by atoms with Crippen molar-refractivity contribution in [3.8, 4) is 0 Å². The minimum absolute atomic E-state index is 0.169. The molecule has 0 bridgehead atoms. The van der Waals surface area contributed by atoms with Gasteiger partial charge in [-0.3, -0.25) is 9.59 Å². The Morgan fingerprint density at radius 1 is 0.472 bits per heavy atom. The van der Waals surface area contributed by atoms with Gasteiger partial charge in [0.2, 0.25) is 11.8 Å². The first kappa shape index (κ1) is 28.5. The van der Waals surface area contributed by atoms with Crippen LogP contribution < -0.4 is 10.6 Å². The first-order chi connectivity index (χ1) is 16.2. The average molecular weight is 538 g/mol. The lowest BCUT2D eigenvalue weighted by Crippen LogP contribution is -2.16. The zero-order valence-electron chi connectivity index (χ0n) is 17.0. The van der Waals surface area contributed by atoms with E-state index in [2.05, 4.69) is 0 Å². The van der Waals surface area contributed by atoms with Crippen molar-refractivity contribution in [2.75, 3.05) is 10.6 Å². The number of rotatable bonds is 4. The zero-order valence-corrected chi connectivity index (χ0v) is 17.0. The molecule has 2 amide bonds. The summed E-state index contributed by atoms with van der Waals surface area (Å²) in [5, 5.41) is 3.28. The molecule has 2 rings (SSSR count). The van der Waals surface area contributed by atoms with Gasteiger partial charge < -0.3 is 10.6 Å². The van der Waals surface area contributed by atoms with Gasteiger partial charge in [-0.15, -0.1) is 0 Å². The van der Waals surface area contributed by atoms with Gasteiger partial charge in [0.15, 0.2) is 0 Å². The molecule has 0 spiro atoms. The molecule has 0 aliphatic carbocycles. The third-order valence-electron chi connectivity index (χ3n) is 4.10. The predicted molar refractivity (Wildman–Crippen MR) is 99.3 cm³/mol. The fraction of sp³-hybridized carbons (Fsp3) is 0.200. The van der Waals surface area contributed by atoms with Crippen LogP contribution in [0.2, 0.25) is 0 Å². The van der Waals surface area contributed by atoms with Crippen molar-refractivity contribution in [3.63, 3.8) is 0 Å². The minimum atomic E-state index is -5.21. The molecule has 0 aromatic heterocycles. The molecule has 0 heterocycles. The third-order valence-corrected chi connectivity index (χ3v) is 4.10. The summed E-state index contributed by atoms with van der Waals surface area (Å²) < 4.78 is 154. The fourth-order valence-electron chi connectivity index (χ4n) is 2.57. The van der Waals surface area contributed by atoms with Gasteiger partial charge in [0, 0.05) is 23.5 Å². The van der Waals surface area contributed by atoms with Crippen molar-refractivity contribution in [3.05, 3.63) is 70.8 Å². The van der Waals surface area contributed by atoms with E-state index in [0.717, 1.165) is 0 Å². The number of carbonyl (C=O) groups is 2. The maximum atomic E-state index is 12.9. The van der Waals surface area contributed by atoms with E-state index in [1.165, 1.54) is 0 Å². The Bertz CT molecular complexity index is 1020. The molecule has 16 heteroatoms. The van der Waals surface area contributed by atoms with Crippen LogP contribution in [-0.2, 0) is 34.3 Å². The van der Waals surface area contributed by atoms with E-state index in [1.807, 2.05) is 0 Å². The number of hydrogen-bond acceptors (Lipinski definition) is 2. The number of carbonyl (C=O) groups excluding carboxylic acids is 2. The van der Waals surface area contributed by atoms with E-state index in [-0.39, 0.29) is 48.6 Å². The average Bonchev–Trinajstić information content (AvgIpc) is 2.69. The standard InChI is InChI=1S/C20H10F12N2O2/c21-17(22,23)9-3-10(18(24,25)26)6-13(5-9)33-15(35)1-2-16(36)34-14-7-11(19(27,28)29)4-12(8-14)20(30,31)32/h1-8H,(H,33,35)(H,34,36)/b2-1+. The van der Waals surface area contributed by atoms with Crippen LogP contribution in [0.5, 0.6) is 0 Å². The Labute approximate surface area is 192 Å². The second kappa shape index (κ2) is 9.73. The van der Waals surface area contributed by atoms with Gasteiger partial charge in [0.25, 0.3) is 0 Å². The third kappa shape index (κ3) is 7.91. The van der Waals surface area contributed by atoms with Crippen LogP contribution in [0, 0.1) is 0 Å². The Morgan fingerprint density at radius 2 is 0.694 bits per heavy atom. The Hall–Kier alpha value is -3.72. The highest BCUT2D eigenvalue weighted by molar-refractivity contribution is 6.07. The first-order valence-electron chi connectivity index (χ1n) is 9.05. The molecule has 196 valence electrons. The van der Waals surface area contributed by atoms with E-state index in [1.54, 1.807) is 10.6 Å². The van der Waals surface area contributed by atoms with Crippen molar-refractivity contribution < 1.29 is 62.3 Å². The lowest BCUT2D eigenvalue weighted by Gasteiger charge is -2.14. The molecular weight excluding hydrogens is 528 g/mol. The fourth-order valence-corrected chi connectivity index (χ4v) is 2.57. The second-order valence-corrected chi connectivity index (χ2v) is 6.90. The summed E-state index contributed by atoms with van der Waals surface area (Å²) in [5.41, 5.74) is -8.92. The SMILES string of the molecule is O=C(/C=C/C(=O)Nc1cc(C(F)(F)F)cc(C(F)(F)F)c1)Nc1cc(C(F)(F)F)cc(C(F)(F)F)c1. The topological polar surface area (TPSA) is 58.2 Å². The molecule has 4 nitrogen and oxygen atoms in total. The summed E-state index contributed by atoms with van der Waals surface area (Å²) in [5.74, 6) is -2.87. The Morgan fingerprint density at radius 3 is 0.889 bits per heavy atom. The monoisotopic (exact) mass is 538 g/mol. The van der Waals surface area contributed by atoms with Crippen molar-refractivity contribution in [1.29, 1.82) is 0 Å². The summed E-state index contributed by atoms with van der Waals surface area (Å²) >= 11 is 0. The highest BCUT2D eigenvalue weighted by atomic mass is 19.4. The van der Waals surface area contributed by atoms with Crippen LogP contribution in [0.25, 0.3) is 0 Å². The zero-order chi connectivity index (χ0) is 27.7. The summed E-state index contributed by atoms with van der Waals surface area (Å²) in [7, 11) is 0. The Balaban J connectivity index is 2.23. The van der Waals surface area contributed by atoms with Gasteiger partial charge in [-0.05, 0) is 36.4 Å². The van der Waals surface area contributed by atoms with Crippen LogP contribution in [0.1, 0.15) is 22.3 Å². The maximum absolute atomic E-state index is 12.9. The molecule has 2 N–H and O–H groups in total. The van der Waals surface area contributed by atoms with Crippen LogP contribution in [0.15, 0.2) is 48.6 Å². The van der Waals surface area contributed by atoms with Crippen molar-refractivity contribution in [1.82, 2.24) is 0 Å². The molecular formula is C20H10F12N2O2.